The van der Waals surface area contributed by atoms with Gasteiger partial charge < -0.3 is 0 Å². The van der Waals surface area contributed by atoms with Crippen molar-refractivity contribution in [1.29, 1.82) is 0 Å². The summed E-state index contributed by atoms with van der Waals surface area (Å²) in [5.74, 6) is 0. The largest absolute Gasteiger partial charge is 0.271 e. The molecule has 7 heteroatoms. The third-order valence-electron chi connectivity index (χ3n) is 2.23. The summed E-state index contributed by atoms with van der Waals surface area (Å²) in [5.41, 5.74) is 3.74. The number of halogens is 1. The molecule has 2 aromatic carbocycles. The van der Waals surface area contributed by atoms with Gasteiger partial charge in [-0.15, -0.1) is 5.11 Å². The van der Waals surface area contributed by atoms with Crippen LogP contribution in [0.15, 0.2) is 58.9 Å². The molecule has 0 spiro atoms. The van der Waals surface area contributed by atoms with Gasteiger partial charge in [0.2, 0.25) is 0 Å². The van der Waals surface area contributed by atoms with Crippen LogP contribution in [0, 0.1) is 10.1 Å². The minimum atomic E-state index is -0.471. The Hall–Kier alpha value is -2.47. The van der Waals surface area contributed by atoms with E-state index < -0.39 is 4.92 Å². The highest BCUT2D eigenvalue weighted by atomic mass is 35.5. The van der Waals surface area contributed by atoms with Crippen molar-refractivity contribution in [3.05, 3.63) is 63.7 Å². The summed E-state index contributed by atoms with van der Waals surface area (Å²) in [5, 5.41) is 18.9. The lowest BCUT2D eigenvalue weighted by molar-refractivity contribution is -0.384. The number of nitro groups is 1. The summed E-state index contributed by atoms with van der Waals surface area (Å²) in [6.45, 7) is 0. The van der Waals surface area contributed by atoms with E-state index in [1.165, 1.54) is 12.1 Å². The van der Waals surface area contributed by atoms with Gasteiger partial charge in [0.25, 0.3) is 5.69 Å². The molecule has 0 saturated carbocycles. The van der Waals surface area contributed by atoms with E-state index in [0.717, 1.165) is 0 Å². The summed E-state index contributed by atoms with van der Waals surface area (Å²) in [4.78, 5) is 10.1. The Kier molecular flexibility index (Phi) is 4.04. The normalized spacial score (nSPS) is 10.6. The van der Waals surface area contributed by atoms with Crippen molar-refractivity contribution in [1.82, 2.24) is 0 Å². The Morgan fingerprint density at radius 3 is 2.58 bits per heavy atom. The first-order valence-electron chi connectivity index (χ1n) is 5.32. The smallest absolute Gasteiger partial charge is 0.260 e. The zero-order chi connectivity index (χ0) is 13.7. The van der Waals surface area contributed by atoms with Crippen LogP contribution in [0.3, 0.4) is 0 Å². The van der Waals surface area contributed by atoms with E-state index >= 15 is 0 Å². The number of nitrogens with one attached hydrogen (secondary N) is 1. The molecule has 0 aliphatic carbocycles. The molecule has 0 bridgehead atoms. The molecule has 96 valence electrons. The molecule has 2 rings (SSSR count). The van der Waals surface area contributed by atoms with Crippen LogP contribution in [0.4, 0.5) is 17.1 Å². The van der Waals surface area contributed by atoms with Crippen LogP contribution in [-0.4, -0.2) is 4.92 Å². The van der Waals surface area contributed by atoms with Crippen molar-refractivity contribution >= 4 is 28.7 Å². The average Bonchev–Trinajstić information content (AvgIpc) is 2.41. The Morgan fingerprint density at radius 1 is 1.16 bits per heavy atom. The fourth-order valence-electron chi connectivity index (χ4n) is 1.34. The maximum atomic E-state index is 10.6. The van der Waals surface area contributed by atoms with Crippen molar-refractivity contribution in [2.45, 2.75) is 0 Å². The Morgan fingerprint density at radius 2 is 1.89 bits per heavy atom. The molecule has 0 aliphatic heterocycles. The van der Waals surface area contributed by atoms with Gasteiger partial charge in [-0.25, -0.2) is 0 Å². The number of nitro benzene ring substituents is 1. The number of hydrogen-bond donors (Lipinski definition) is 1. The van der Waals surface area contributed by atoms with E-state index in [0.29, 0.717) is 16.4 Å². The standard InChI is InChI=1S/C12H9ClN4O2/c13-9-4-6-10(7-5-9)14-16-15-11-2-1-3-12(8-11)17(18)19/h1-8H,(H,14,15). The van der Waals surface area contributed by atoms with Crippen LogP contribution in [0.25, 0.3) is 0 Å². The third-order valence-corrected chi connectivity index (χ3v) is 2.48. The summed E-state index contributed by atoms with van der Waals surface area (Å²) in [7, 11) is 0. The fraction of sp³-hybridized carbons (Fsp3) is 0. The van der Waals surface area contributed by atoms with Crippen molar-refractivity contribution in [2.75, 3.05) is 5.43 Å². The number of hydrogen-bond acceptors (Lipinski definition) is 4. The van der Waals surface area contributed by atoms with Gasteiger partial charge in [0.15, 0.2) is 0 Å². The second-order valence-corrected chi connectivity index (χ2v) is 4.03. The van der Waals surface area contributed by atoms with Gasteiger partial charge in [0, 0.05) is 17.2 Å². The van der Waals surface area contributed by atoms with E-state index in [9.17, 15) is 10.1 Å². The van der Waals surface area contributed by atoms with Gasteiger partial charge in [0.1, 0.15) is 0 Å². The van der Waals surface area contributed by atoms with Crippen LogP contribution in [-0.2, 0) is 0 Å². The number of benzene rings is 2. The second-order valence-electron chi connectivity index (χ2n) is 3.60. The summed E-state index contributed by atoms with van der Waals surface area (Å²) in [6.07, 6.45) is 0. The van der Waals surface area contributed by atoms with Crippen molar-refractivity contribution in [2.24, 2.45) is 10.3 Å². The molecule has 0 aliphatic rings. The molecule has 19 heavy (non-hydrogen) atoms. The van der Waals surface area contributed by atoms with Crippen LogP contribution < -0.4 is 5.43 Å². The molecule has 0 atom stereocenters. The Bertz CT molecular complexity index is 613. The van der Waals surface area contributed by atoms with Gasteiger partial charge in [-0.1, -0.05) is 22.9 Å². The number of rotatable bonds is 4. The lowest BCUT2D eigenvalue weighted by Crippen LogP contribution is -1.90. The topological polar surface area (TPSA) is 79.9 Å². The predicted octanol–water partition coefficient (Wildman–Crippen LogP) is 4.36. The lowest BCUT2D eigenvalue weighted by Gasteiger charge is -1.98. The maximum Gasteiger partial charge on any atom is 0.271 e. The summed E-state index contributed by atoms with van der Waals surface area (Å²) >= 11 is 5.74. The molecule has 2 aromatic rings. The van der Waals surface area contributed by atoms with Gasteiger partial charge in [0.05, 0.1) is 16.3 Å². The Balaban J connectivity index is 2.04. The molecule has 6 nitrogen and oxygen atoms in total. The van der Waals surface area contributed by atoms with Crippen molar-refractivity contribution in [3.63, 3.8) is 0 Å². The highest BCUT2D eigenvalue weighted by molar-refractivity contribution is 6.30. The van der Waals surface area contributed by atoms with Crippen molar-refractivity contribution in [3.8, 4) is 0 Å². The minimum absolute atomic E-state index is 0.00769. The molecule has 1 N–H and O–H groups in total. The molecular weight excluding hydrogens is 268 g/mol. The molecule has 0 unspecified atom stereocenters. The Labute approximate surface area is 113 Å². The monoisotopic (exact) mass is 276 g/mol. The second kappa shape index (κ2) is 5.92. The number of anilines is 1. The van der Waals surface area contributed by atoms with Crippen LogP contribution >= 0.6 is 11.6 Å². The summed E-state index contributed by atoms with van der Waals surface area (Å²) < 4.78 is 0. The average molecular weight is 277 g/mol. The van der Waals surface area contributed by atoms with Crippen LogP contribution in [0.5, 0.6) is 0 Å². The first kappa shape index (κ1) is 13.0. The van der Waals surface area contributed by atoms with Crippen LogP contribution in [0.2, 0.25) is 5.02 Å². The van der Waals surface area contributed by atoms with E-state index in [-0.39, 0.29) is 5.69 Å². The maximum absolute atomic E-state index is 10.6. The first-order valence-corrected chi connectivity index (χ1v) is 5.70. The van der Waals surface area contributed by atoms with Gasteiger partial charge in [-0.3, -0.25) is 15.5 Å². The molecule has 0 fully saturated rings. The molecule has 0 saturated heterocycles. The van der Waals surface area contributed by atoms with Gasteiger partial charge in [-0.05, 0) is 30.3 Å². The summed E-state index contributed by atoms with van der Waals surface area (Å²) in [6, 6.07) is 12.8. The lowest BCUT2D eigenvalue weighted by atomic mass is 10.3. The molecular formula is C12H9ClN4O2. The van der Waals surface area contributed by atoms with E-state index in [1.807, 2.05) is 0 Å². The highest BCUT2D eigenvalue weighted by Gasteiger charge is 2.04. The van der Waals surface area contributed by atoms with Gasteiger partial charge in [-0.2, -0.15) is 0 Å². The first-order chi connectivity index (χ1) is 9.15. The van der Waals surface area contributed by atoms with Crippen LogP contribution in [0.1, 0.15) is 0 Å². The van der Waals surface area contributed by atoms with E-state index in [2.05, 4.69) is 15.8 Å². The molecule has 0 heterocycles. The molecule has 0 amide bonds. The minimum Gasteiger partial charge on any atom is -0.260 e. The van der Waals surface area contributed by atoms with Gasteiger partial charge >= 0.3 is 0 Å². The predicted molar refractivity (Wildman–Crippen MR) is 72.7 cm³/mol. The zero-order valence-electron chi connectivity index (χ0n) is 9.65. The molecule has 0 radical (unpaired) electrons. The molecule has 0 aromatic heterocycles. The number of non-ortho nitro benzene ring substituents is 1. The quantitative estimate of drug-likeness (QED) is 0.512. The highest BCUT2D eigenvalue weighted by Crippen LogP contribution is 2.19. The third kappa shape index (κ3) is 3.75. The zero-order valence-corrected chi connectivity index (χ0v) is 10.4. The number of nitrogens with zero attached hydrogens (tertiary/aromatic N) is 3. The van der Waals surface area contributed by atoms with E-state index in [1.54, 1.807) is 36.4 Å². The van der Waals surface area contributed by atoms with Crippen molar-refractivity contribution < 1.29 is 4.92 Å². The van der Waals surface area contributed by atoms with E-state index in [4.69, 9.17) is 11.6 Å². The SMILES string of the molecule is O=[N+]([O-])c1cccc(NN=Nc2ccc(Cl)cc2)c1. The fourth-order valence-corrected chi connectivity index (χ4v) is 1.46.